The molecule has 4 nitrogen and oxygen atoms in total. The molecule has 1 atom stereocenters. The Labute approximate surface area is 164 Å². The van der Waals surface area contributed by atoms with E-state index < -0.39 is 6.36 Å². The SMILES string of the molecule is O=C(c1ccc(OC(F)(F)F)cc1)N1CCc2ccsc2C1C1CCOCC1. The van der Waals surface area contributed by atoms with Gasteiger partial charge in [0.1, 0.15) is 5.75 Å². The Morgan fingerprint density at radius 2 is 1.86 bits per heavy atom. The summed E-state index contributed by atoms with van der Waals surface area (Å²) in [6.45, 7) is 1.98. The summed E-state index contributed by atoms with van der Waals surface area (Å²) in [5.41, 5.74) is 1.66. The van der Waals surface area contributed by atoms with E-state index >= 15 is 0 Å². The smallest absolute Gasteiger partial charge is 0.406 e. The van der Waals surface area contributed by atoms with E-state index in [1.165, 1.54) is 34.7 Å². The van der Waals surface area contributed by atoms with Crippen LogP contribution in [0.4, 0.5) is 13.2 Å². The molecule has 2 aromatic rings. The topological polar surface area (TPSA) is 38.8 Å². The second-order valence-corrected chi connectivity index (χ2v) is 7.97. The molecule has 1 aromatic carbocycles. The van der Waals surface area contributed by atoms with E-state index in [0.717, 1.165) is 19.3 Å². The highest BCUT2D eigenvalue weighted by Crippen LogP contribution is 2.42. The lowest BCUT2D eigenvalue weighted by Crippen LogP contribution is -2.43. The van der Waals surface area contributed by atoms with Crippen LogP contribution in [0.3, 0.4) is 0 Å². The third kappa shape index (κ3) is 4.03. The number of carbonyl (C=O) groups excluding carboxylic acids is 1. The summed E-state index contributed by atoms with van der Waals surface area (Å²) in [6.07, 6.45) is -2.17. The van der Waals surface area contributed by atoms with Crippen LogP contribution in [0.1, 0.15) is 39.7 Å². The van der Waals surface area contributed by atoms with Crippen LogP contribution >= 0.6 is 11.3 Å². The fourth-order valence-electron chi connectivity index (χ4n) is 4.03. The highest BCUT2D eigenvalue weighted by molar-refractivity contribution is 7.10. The number of halogens is 3. The molecule has 4 rings (SSSR count). The molecule has 0 saturated carbocycles. The highest BCUT2D eigenvalue weighted by atomic mass is 32.1. The Morgan fingerprint density at radius 1 is 1.14 bits per heavy atom. The van der Waals surface area contributed by atoms with Gasteiger partial charge in [0.25, 0.3) is 5.91 Å². The molecule has 3 heterocycles. The molecule has 1 aromatic heterocycles. The van der Waals surface area contributed by atoms with Crippen LogP contribution in [0.25, 0.3) is 0 Å². The van der Waals surface area contributed by atoms with E-state index in [1.807, 2.05) is 4.90 Å². The van der Waals surface area contributed by atoms with Gasteiger partial charge in [0, 0.05) is 30.2 Å². The molecule has 1 fully saturated rings. The summed E-state index contributed by atoms with van der Waals surface area (Å²) in [5.74, 6) is -0.165. The lowest BCUT2D eigenvalue weighted by Gasteiger charge is -2.41. The first-order valence-electron chi connectivity index (χ1n) is 9.23. The summed E-state index contributed by atoms with van der Waals surface area (Å²) < 4.78 is 46.4. The summed E-state index contributed by atoms with van der Waals surface area (Å²) in [7, 11) is 0. The van der Waals surface area contributed by atoms with Gasteiger partial charge >= 0.3 is 6.36 Å². The standard InChI is InChI=1S/C20H20F3NO3S/c21-20(22,23)27-16-3-1-15(2-4-16)19(25)24-9-5-14-8-12-28-18(14)17(24)13-6-10-26-11-7-13/h1-4,8,12-13,17H,5-7,9-11H2. The zero-order valence-electron chi connectivity index (χ0n) is 15.1. The Bertz CT molecular complexity index is 828. The first-order chi connectivity index (χ1) is 13.4. The number of hydrogen-bond acceptors (Lipinski definition) is 4. The average molecular weight is 411 g/mol. The van der Waals surface area contributed by atoms with E-state index in [9.17, 15) is 18.0 Å². The molecular weight excluding hydrogens is 391 g/mol. The second-order valence-electron chi connectivity index (χ2n) is 7.03. The largest absolute Gasteiger partial charge is 0.573 e. The van der Waals surface area contributed by atoms with Crippen molar-refractivity contribution in [2.24, 2.45) is 5.92 Å². The Balaban J connectivity index is 1.58. The predicted molar refractivity (Wildman–Crippen MR) is 98.5 cm³/mol. The number of rotatable bonds is 3. The van der Waals surface area contributed by atoms with E-state index in [-0.39, 0.29) is 17.7 Å². The van der Waals surface area contributed by atoms with Crippen LogP contribution in [0.15, 0.2) is 35.7 Å². The molecule has 2 aliphatic rings. The molecule has 150 valence electrons. The van der Waals surface area contributed by atoms with Crippen molar-refractivity contribution in [3.05, 3.63) is 51.7 Å². The van der Waals surface area contributed by atoms with Crippen LogP contribution in [-0.4, -0.2) is 36.9 Å². The number of amides is 1. The van der Waals surface area contributed by atoms with Gasteiger partial charge in [-0.25, -0.2) is 0 Å². The molecule has 1 amide bonds. The van der Waals surface area contributed by atoms with Crippen molar-refractivity contribution in [2.45, 2.75) is 31.7 Å². The van der Waals surface area contributed by atoms with Gasteiger partial charge in [-0.15, -0.1) is 24.5 Å². The van der Waals surface area contributed by atoms with Gasteiger partial charge in [-0.1, -0.05) is 0 Å². The number of carbonyl (C=O) groups is 1. The summed E-state index contributed by atoms with van der Waals surface area (Å²) in [5, 5.41) is 2.06. The summed E-state index contributed by atoms with van der Waals surface area (Å²) in [6, 6.07) is 7.28. The third-order valence-electron chi connectivity index (χ3n) is 5.32. The maximum atomic E-state index is 13.2. The second kappa shape index (κ2) is 7.75. The number of ether oxygens (including phenoxy) is 2. The van der Waals surface area contributed by atoms with Crippen molar-refractivity contribution in [2.75, 3.05) is 19.8 Å². The van der Waals surface area contributed by atoms with Crippen molar-refractivity contribution in [1.82, 2.24) is 4.90 Å². The summed E-state index contributed by atoms with van der Waals surface area (Å²) in [4.78, 5) is 16.3. The van der Waals surface area contributed by atoms with E-state index in [1.54, 1.807) is 11.3 Å². The number of alkyl halides is 3. The van der Waals surface area contributed by atoms with Crippen LogP contribution in [0.2, 0.25) is 0 Å². The molecule has 0 radical (unpaired) electrons. The summed E-state index contributed by atoms with van der Waals surface area (Å²) >= 11 is 1.67. The number of benzene rings is 1. The normalized spacial score (nSPS) is 20.7. The molecule has 2 aliphatic heterocycles. The molecule has 1 unspecified atom stereocenters. The first kappa shape index (κ1) is 19.3. The molecule has 0 N–H and O–H groups in total. The molecule has 28 heavy (non-hydrogen) atoms. The molecule has 0 bridgehead atoms. The van der Waals surface area contributed by atoms with Crippen molar-refractivity contribution in [1.29, 1.82) is 0 Å². The van der Waals surface area contributed by atoms with Crippen LogP contribution < -0.4 is 4.74 Å². The van der Waals surface area contributed by atoms with Gasteiger partial charge in [-0.2, -0.15) is 0 Å². The fourth-order valence-corrected chi connectivity index (χ4v) is 5.19. The van der Waals surface area contributed by atoms with Crippen LogP contribution in [0, 0.1) is 5.92 Å². The molecule has 1 saturated heterocycles. The molecular formula is C20H20F3NO3S. The quantitative estimate of drug-likeness (QED) is 0.727. The lowest BCUT2D eigenvalue weighted by atomic mass is 9.85. The minimum atomic E-state index is -4.75. The number of hydrogen-bond donors (Lipinski definition) is 0. The highest BCUT2D eigenvalue weighted by Gasteiger charge is 2.38. The predicted octanol–water partition coefficient (Wildman–Crippen LogP) is 4.81. The first-order valence-corrected chi connectivity index (χ1v) is 10.1. The monoisotopic (exact) mass is 411 g/mol. The maximum absolute atomic E-state index is 13.2. The number of thiophene rings is 1. The van der Waals surface area contributed by atoms with Gasteiger partial charge in [0.05, 0.1) is 6.04 Å². The van der Waals surface area contributed by atoms with Gasteiger partial charge in [0.2, 0.25) is 0 Å². The van der Waals surface area contributed by atoms with Crippen molar-refractivity contribution in [3.8, 4) is 5.75 Å². The molecule has 0 spiro atoms. The Morgan fingerprint density at radius 3 is 2.54 bits per heavy atom. The van der Waals surface area contributed by atoms with Crippen LogP contribution in [-0.2, 0) is 11.2 Å². The minimum absolute atomic E-state index is 0.00810. The zero-order chi connectivity index (χ0) is 19.7. The van der Waals surface area contributed by atoms with Crippen molar-refractivity contribution >= 4 is 17.2 Å². The minimum Gasteiger partial charge on any atom is -0.406 e. The van der Waals surface area contributed by atoms with Gasteiger partial charge < -0.3 is 14.4 Å². The van der Waals surface area contributed by atoms with E-state index in [0.29, 0.717) is 31.2 Å². The molecule has 8 heteroatoms. The average Bonchev–Trinajstić information content (AvgIpc) is 3.15. The van der Waals surface area contributed by atoms with E-state index in [2.05, 4.69) is 16.2 Å². The van der Waals surface area contributed by atoms with Crippen LogP contribution in [0.5, 0.6) is 5.75 Å². The van der Waals surface area contributed by atoms with Gasteiger partial charge in [-0.3, -0.25) is 4.79 Å². The maximum Gasteiger partial charge on any atom is 0.573 e. The number of fused-ring (bicyclic) bond motifs is 1. The third-order valence-corrected chi connectivity index (χ3v) is 6.35. The molecule has 0 aliphatic carbocycles. The Hall–Kier alpha value is -2.06. The lowest BCUT2D eigenvalue weighted by molar-refractivity contribution is -0.274. The van der Waals surface area contributed by atoms with E-state index in [4.69, 9.17) is 4.74 Å². The van der Waals surface area contributed by atoms with Gasteiger partial charge in [-0.05, 0) is 66.5 Å². The fraction of sp³-hybridized carbons (Fsp3) is 0.450. The Kier molecular flexibility index (Phi) is 5.33. The zero-order valence-corrected chi connectivity index (χ0v) is 15.9. The van der Waals surface area contributed by atoms with Crippen molar-refractivity contribution in [3.63, 3.8) is 0 Å². The van der Waals surface area contributed by atoms with Gasteiger partial charge in [0.15, 0.2) is 0 Å². The van der Waals surface area contributed by atoms with Crippen molar-refractivity contribution < 1.29 is 27.4 Å². The number of nitrogens with zero attached hydrogens (tertiary/aromatic N) is 1.